The van der Waals surface area contributed by atoms with Crippen molar-refractivity contribution in [1.82, 2.24) is 20.1 Å². The smallest absolute Gasteiger partial charge is 0.318 e. The maximum Gasteiger partial charge on any atom is 0.318 e. The van der Waals surface area contributed by atoms with Crippen LogP contribution in [-0.4, -0.2) is 52.9 Å². The first-order valence-electron chi connectivity index (χ1n) is 8.97. The van der Waals surface area contributed by atoms with Crippen LogP contribution in [0.15, 0.2) is 42.6 Å². The summed E-state index contributed by atoms with van der Waals surface area (Å²) in [6.45, 7) is 5.24. The highest BCUT2D eigenvalue weighted by molar-refractivity contribution is 5.94. The molecule has 27 heavy (non-hydrogen) atoms. The van der Waals surface area contributed by atoms with E-state index in [-0.39, 0.29) is 23.8 Å². The van der Waals surface area contributed by atoms with Crippen LogP contribution in [0.1, 0.15) is 34.6 Å². The van der Waals surface area contributed by atoms with E-state index in [0.717, 1.165) is 5.69 Å². The van der Waals surface area contributed by atoms with Gasteiger partial charge >= 0.3 is 6.03 Å². The van der Waals surface area contributed by atoms with E-state index < -0.39 is 0 Å². The summed E-state index contributed by atoms with van der Waals surface area (Å²) >= 11 is 0. The lowest BCUT2D eigenvalue weighted by atomic mass is 10.1. The topological polar surface area (TPSA) is 65.5 Å². The minimum absolute atomic E-state index is 0.179. The third kappa shape index (κ3) is 4.42. The molecule has 1 saturated heterocycles. The predicted molar refractivity (Wildman–Crippen MR) is 99.8 cm³/mol. The van der Waals surface area contributed by atoms with E-state index in [4.69, 9.17) is 0 Å². The number of benzene rings is 1. The molecule has 3 amide bonds. The van der Waals surface area contributed by atoms with Crippen molar-refractivity contribution in [2.24, 2.45) is 0 Å². The van der Waals surface area contributed by atoms with Gasteiger partial charge in [-0.3, -0.25) is 9.78 Å². The zero-order valence-corrected chi connectivity index (χ0v) is 15.5. The molecule has 0 radical (unpaired) electrons. The molecule has 1 unspecified atom stereocenters. The van der Waals surface area contributed by atoms with Crippen molar-refractivity contribution in [2.45, 2.75) is 19.9 Å². The van der Waals surface area contributed by atoms with Gasteiger partial charge in [0.15, 0.2) is 0 Å². The van der Waals surface area contributed by atoms with Gasteiger partial charge in [-0.1, -0.05) is 12.1 Å². The summed E-state index contributed by atoms with van der Waals surface area (Å²) in [4.78, 5) is 32.5. The van der Waals surface area contributed by atoms with Crippen molar-refractivity contribution in [2.75, 3.05) is 26.2 Å². The maximum absolute atomic E-state index is 13.7. The van der Waals surface area contributed by atoms with Gasteiger partial charge in [0.2, 0.25) is 0 Å². The molecule has 3 rings (SSSR count). The molecule has 0 saturated carbocycles. The molecule has 0 bridgehead atoms. The fourth-order valence-corrected chi connectivity index (χ4v) is 3.00. The molecular weight excluding hydrogens is 347 g/mol. The molecule has 2 aromatic rings. The number of pyridine rings is 1. The highest BCUT2D eigenvalue weighted by Gasteiger charge is 2.26. The number of rotatable bonds is 3. The SMILES string of the molecule is Cc1ccc(C(=O)N2CCN(C(=O)NC(C)c3ccccn3)CC2)cc1F. The average molecular weight is 370 g/mol. The summed E-state index contributed by atoms with van der Waals surface area (Å²) in [5, 5.41) is 2.93. The molecular formula is C20H23FN4O2. The molecule has 1 aromatic heterocycles. The van der Waals surface area contributed by atoms with Crippen LogP contribution in [0.3, 0.4) is 0 Å². The predicted octanol–water partition coefficient (Wildman–Crippen LogP) is 2.76. The van der Waals surface area contributed by atoms with Crippen molar-refractivity contribution in [3.05, 3.63) is 65.2 Å². The van der Waals surface area contributed by atoms with Crippen LogP contribution in [-0.2, 0) is 0 Å². The maximum atomic E-state index is 13.7. The van der Waals surface area contributed by atoms with Crippen molar-refractivity contribution in [1.29, 1.82) is 0 Å². The lowest BCUT2D eigenvalue weighted by Gasteiger charge is -2.35. The van der Waals surface area contributed by atoms with Crippen molar-refractivity contribution < 1.29 is 14.0 Å². The van der Waals surface area contributed by atoms with Gasteiger partial charge in [-0.05, 0) is 43.7 Å². The number of urea groups is 1. The second-order valence-corrected chi connectivity index (χ2v) is 6.67. The van der Waals surface area contributed by atoms with Crippen LogP contribution in [0.2, 0.25) is 0 Å². The van der Waals surface area contributed by atoms with E-state index in [1.54, 1.807) is 35.1 Å². The molecule has 1 fully saturated rings. The Balaban J connectivity index is 1.54. The Morgan fingerprint density at radius 3 is 2.44 bits per heavy atom. The Morgan fingerprint density at radius 2 is 1.81 bits per heavy atom. The molecule has 1 atom stereocenters. The number of nitrogens with one attached hydrogen (secondary N) is 1. The van der Waals surface area contributed by atoms with Crippen LogP contribution >= 0.6 is 0 Å². The Hall–Kier alpha value is -2.96. The van der Waals surface area contributed by atoms with Crippen LogP contribution < -0.4 is 5.32 Å². The quantitative estimate of drug-likeness (QED) is 0.904. The zero-order chi connectivity index (χ0) is 19.4. The highest BCUT2D eigenvalue weighted by Crippen LogP contribution is 2.14. The first-order valence-corrected chi connectivity index (χ1v) is 8.97. The van der Waals surface area contributed by atoms with E-state index in [2.05, 4.69) is 10.3 Å². The van der Waals surface area contributed by atoms with Crippen LogP contribution in [0.5, 0.6) is 0 Å². The summed E-state index contributed by atoms with van der Waals surface area (Å²) in [7, 11) is 0. The van der Waals surface area contributed by atoms with Gasteiger partial charge in [-0.25, -0.2) is 9.18 Å². The number of aromatic nitrogens is 1. The van der Waals surface area contributed by atoms with Gasteiger partial charge in [0.05, 0.1) is 11.7 Å². The number of piperazine rings is 1. The van der Waals surface area contributed by atoms with Crippen LogP contribution in [0.4, 0.5) is 9.18 Å². The number of nitrogens with zero attached hydrogens (tertiary/aromatic N) is 3. The third-order valence-corrected chi connectivity index (χ3v) is 4.74. The highest BCUT2D eigenvalue weighted by atomic mass is 19.1. The number of carbonyl (C=O) groups is 2. The summed E-state index contributed by atoms with van der Waals surface area (Å²) in [6, 6.07) is 9.69. The van der Waals surface area contributed by atoms with E-state index in [1.165, 1.54) is 6.07 Å². The molecule has 142 valence electrons. The Labute approximate surface area is 158 Å². The third-order valence-electron chi connectivity index (χ3n) is 4.74. The first kappa shape index (κ1) is 18.8. The largest absolute Gasteiger partial charge is 0.335 e. The zero-order valence-electron chi connectivity index (χ0n) is 15.5. The summed E-state index contributed by atoms with van der Waals surface area (Å²) in [5.74, 6) is -0.599. The van der Waals surface area contributed by atoms with E-state index in [9.17, 15) is 14.0 Å². The number of hydrogen-bond acceptors (Lipinski definition) is 3. The summed E-state index contributed by atoms with van der Waals surface area (Å²) in [6.07, 6.45) is 1.69. The van der Waals surface area contributed by atoms with Crippen LogP contribution in [0.25, 0.3) is 0 Å². The van der Waals surface area contributed by atoms with Gasteiger partial charge < -0.3 is 15.1 Å². The Kier molecular flexibility index (Phi) is 5.69. The summed E-state index contributed by atoms with van der Waals surface area (Å²) in [5.41, 5.74) is 1.64. The summed E-state index contributed by atoms with van der Waals surface area (Å²) < 4.78 is 13.7. The molecule has 6 nitrogen and oxygen atoms in total. The number of aryl methyl sites for hydroxylation is 1. The molecule has 0 spiro atoms. The van der Waals surface area contributed by atoms with E-state index >= 15 is 0 Å². The molecule has 1 aromatic carbocycles. The van der Waals surface area contributed by atoms with Gasteiger partial charge in [0.1, 0.15) is 5.82 Å². The minimum atomic E-state index is -0.387. The molecule has 1 aliphatic rings. The van der Waals surface area contributed by atoms with E-state index in [1.807, 2.05) is 25.1 Å². The molecule has 1 aliphatic heterocycles. The fourth-order valence-electron chi connectivity index (χ4n) is 3.00. The van der Waals surface area contributed by atoms with Gasteiger partial charge in [0, 0.05) is 37.9 Å². The number of halogens is 1. The normalized spacial score (nSPS) is 15.4. The van der Waals surface area contributed by atoms with Gasteiger partial charge in [-0.2, -0.15) is 0 Å². The van der Waals surface area contributed by atoms with Crippen molar-refractivity contribution >= 4 is 11.9 Å². The molecule has 0 aliphatic carbocycles. The Morgan fingerprint density at radius 1 is 1.11 bits per heavy atom. The second kappa shape index (κ2) is 8.16. The number of hydrogen-bond donors (Lipinski definition) is 1. The average Bonchev–Trinajstić information content (AvgIpc) is 2.70. The lowest BCUT2D eigenvalue weighted by Crippen LogP contribution is -2.53. The van der Waals surface area contributed by atoms with Gasteiger partial charge in [-0.15, -0.1) is 0 Å². The van der Waals surface area contributed by atoms with Crippen molar-refractivity contribution in [3.8, 4) is 0 Å². The van der Waals surface area contributed by atoms with Crippen molar-refractivity contribution in [3.63, 3.8) is 0 Å². The first-order chi connectivity index (χ1) is 13.0. The minimum Gasteiger partial charge on any atom is -0.335 e. The number of amides is 3. The number of carbonyl (C=O) groups excluding carboxylic acids is 2. The Bertz CT molecular complexity index is 820. The molecule has 1 N–H and O–H groups in total. The monoisotopic (exact) mass is 370 g/mol. The van der Waals surface area contributed by atoms with Crippen LogP contribution in [0, 0.1) is 12.7 Å². The second-order valence-electron chi connectivity index (χ2n) is 6.67. The van der Waals surface area contributed by atoms with Gasteiger partial charge in [0.25, 0.3) is 5.91 Å². The fraction of sp³-hybridized carbons (Fsp3) is 0.350. The standard InChI is InChI=1S/C20H23FN4O2/c1-14-6-7-16(13-17(14)21)19(26)24-9-11-25(12-10-24)20(27)23-15(2)18-5-3-4-8-22-18/h3-8,13,15H,9-12H2,1-2H3,(H,23,27). The molecule has 7 heteroatoms. The lowest BCUT2D eigenvalue weighted by molar-refractivity contribution is 0.0663. The van der Waals surface area contributed by atoms with E-state index in [0.29, 0.717) is 37.3 Å². The molecule has 2 heterocycles.